The van der Waals surface area contributed by atoms with Gasteiger partial charge in [-0.1, -0.05) is 35.5 Å². The molecule has 0 fully saturated rings. The first-order valence-corrected chi connectivity index (χ1v) is 6.81. The minimum Gasteiger partial charge on any atom is -0.386 e. The van der Waals surface area contributed by atoms with E-state index in [1.165, 1.54) is 0 Å². The number of nitrogens with zero attached hydrogens (tertiary/aromatic N) is 3. The number of aliphatic hydroxyl groups is 1. The van der Waals surface area contributed by atoms with Crippen LogP contribution in [0.5, 0.6) is 0 Å². The van der Waals surface area contributed by atoms with E-state index in [0.717, 1.165) is 11.3 Å². The lowest BCUT2D eigenvalue weighted by molar-refractivity contribution is 0.150. The summed E-state index contributed by atoms with van der Waals surface area (Å²) in [6, 6.07) is 9.58. The van der Waals surface area contributed by atoms with Crippen molar-refractivity contribution in [2.45, 2.75) is 45.5 Å². The highest BCUT2D eigenvalue weighted by Gasteiger charge is 2.12. The Morgan fingerprint density at radius 3 is 2.60 bits per heavy atom. The third-order valence-corrected chi connectivity index (χ3v) is 2.93. The van der Waals surface area contributed by atoms with Crippen molar-refractivity contribution < 1.29 is 5.11 Å². The van der Waals surface area contributed by atoms with Gasteiger partial charge in [0.05, 0.1) is 18.3 Å². The van der Waals surface area contributed by atoms with E-state index in [2.05, 4.69) is 36.4 Å². The fourth-order valence-corrected chi connectivity index (χ4v) is 1.82. The Bertz CT molecular complexity index is 530. The Morgan fingerprint density at radius 1 is 1.25 bits per heavy atom. The van der Waals surface area contributed by atoms with Crippen LogP contribution in [-0.2, 0) is 13.1 Å². The minimum atomic E-state index is -0.568. The molecule has 1 atom stereocenters. The van der Waals surface area contributed by atoms with Crippen molar-refractivity contribution >= 4 is 0 Å². The maximum absolute atomic E-state index is 10.1. The van der Waals surface area contributed by atoms with Crippen LogP contribution in [0.15, 0.2) is 36.5 Å². The minimum absolute atomic E-state index is 0.0489. The molecule has 0 aliphatic rings. The number of aliphatic hydroxyl groups excluding tert-OH is 1. The smallest absolute Gasteiger partial charge is 0.0986 e. The molecule has 2 aromatic rings. The molecule has 1 unspecified atom stereocenters. The summed E-state index contributed by atoms with van der Waals surface area (Å²) in [7, 11) is 0. The van der Waals surface area contributed by atoms with E-state index in [9.17, 15) is 5.11 Å². The summed E-state index contributed by atoms with van der Waals surface area (Å²) in [5.41, 5.74) is 1.81. The molecule has 2 rings (SSSR count). The quantitative estimate of drug-likeness (QED) is 0.874. The Hall–Kier alpha value is -1.72. The first-order valence-electron chi connectivity index (χ1n) is 6.81. The van der Waals surface area contributed by atoms with Gasteiger partial charge in [-0.15, -0.1) is 5.10 Å². The van der Waals surface area contributed by atoms with Gasteiger partial charge in [-0.05, 0) is 26.3 Å². The predicted octanol–water partition coefficient (Wildman–Crippen LogP) is 1.90. The Morgan fingerprint density at radius 2 is 1.95 bits per heavy atom. The summed E-state index contributed by atoms with van der Waals surface area (Å²) in [6.45, 7) is 7.40. The number of nitrogens with one attached hydrogen (secondary N) is 1. The molecule has 0 aliphatic heterocycles. The average molecular weight is 274 g/mol. The highest BCUT2D eigenvalue weighted by atomic mass is 16.3. The molecule has 0 radical (unpaired) electrons. The van der Waals surface area contributed by atoms with Gasteiger partial charge in [0, 0.05) is 18.3 Å². The topological polar surface area (TPSA) is 63.0 Å². The van der Waals surface area contributed by atoms with Gasteiger partial charge in [0.2, 0.25) is 0 Å². The van der Waals surface area contributed by atoms with Crippen LogP contribution in [0.3, 0.4) is 0 Å². The van der Waals surface area contributed by atoms with Gasteiger partial charge >= 0.3 is 0 Å². The van der Waals surface area contributed by atoms with Gasteiger partial charge in [0.1, 0.15) is 0 Å². The first kappa shape index (κ1) is 14.7. The van der Waals surface area contributed by atoms with Crippen LogP contribution in [0.4, 0.5) is 0 Å². The van der Waals surface area contributed by atoms with Crippen molar-refractivity contribution in [2.75, 3.05) is 0 Å². The standard InChI is InChI=1S/C15H22N4O/c1-15(2,3)16-9-13-10-19(18-17-13)11-14(20)12-7-5-4-6-8-12/h4-8,10,14,16,20H,9,11H2,1-3H3. The Labute approximate surface area is 119 Å². The first-order chi connectivity index (χ1) is 9.44. The van der Waals surface area contributed by atoms with Crippen LogP contribution in [0.1, 0.15) is 38.1 Å². The normalized spacial score (nSPS) is 13.4. The van der Waals surface area contributed by atoms with Crippen molar-refractivity contribution in [3.63, 3.8) is 0 Å². The molecule has 108 valence electrons. The van der Waals surface area contributed by atoms with Crippen molar-refractivity contribution in [3.8, 4) is 0 Å². The average Bonchev–Trinajstić information content (AvgIpc) is 2.84. The zero-order valence-electron chi connectivity index (χ0n) is 12.2. The highest BCUT2D eigenvalue weighted by Crippen LogP contribution is 2.14. The van der Waals surface area contributed by atoms with Crippen LogP contribution in [-0.4, -0.2) is 25.6 Å². The van der Waals surface area contributed by atoms with Crippen LogP contribution >= 0.6 is 0 Å². The Balaban J connectivity index is 1.93. The molecule has 5 heteroatoms. The number of rotatable bonds is 5. The van der Waals surface area contributed by atoms with E-state index in [0.29, 0.717) is 13.1 Å². The zero-order chi connectivity index (χ0) is 14.6. The lowest BCUT2D eigenvalue weighted by atomic mass is 10.1. The fraction of sp³-hybridized carbons (Fsp3) is 0.467. The second-order valence-electron chi connectivity index (χ2n) is 5.96. The van der Waals surface area contributed by atoms with Crippen LogP contribution in [0.2, 0.25) is 0 Å². The van der Waals surface area contributed by atoms with E-state index in [-0.39, 0.29) is 5.54 Å². The van der Waals surface area contributed by atoms with Gasteiger partial charge in [0.15, 0.2) is 0 Å². The molecule has 5 nitrogen and oxygen atoms in total. The van der Waals surface area contributed by atoms with Gasteiger partial charge in [-0.3, -0.25) is 0 Å². The van der Waals surface area contributed by atoms with Gasteiger partial charge < -0.3 is 10.4 Å². The van der Waals surface area contributed by atoms with Crippen molar-refractivity contribution in [3.05, 3.63) is 47.8 Å². The molecular weight excluding hydrogens is 252 g/mol. The molecule has 0 saturated carbocycles. The molecule has 0 saturated heterocycles. The van der Waals surface area contributed by atoms with Gasteiger partial charge in [0.25, 0.3) is 0 Å². The zero-order valence-corrected chi connectivity index (χ0v) is 12.2. The van der Waals surface area contributed by atoms with E-state index in [4.69, 9.17) is 0 Å². The SMILES string of the molecule is CC(C)(C)NCc1cn(CC(O)c2ccccc2)nn1. The van der Waals surface area contributed by atoms with E-state index < -0.39 is 6.10 Å². The summed E-state index contributed by atoms with van der Waals surface area (Å²) in [5.74, 6) is 0. The third kappa shape index (κ3) is 4.43. The molecule has 0 amide bonds. The summed E-state index contributed by atoms with van der Waals surface area (Å²) >= 11 is 0. The summed E-state index contributed by atoms with van der Waals surface area (Å²) in [5, 5.41) is 21.7. The summed E-state index contributed by atoms with van der Waals surface area (Å²) in [4.78, 5) is 0. The van der Waals surface area contributed by atoms with Crippen LogP contribution in [0.25, 0.3) is 0 Å². The van der Waals surface area contributed by atoms with E-state index in [1.54, 1.807) is 4.68 Å². The maximum Gasteiger partial charge on any atom is 0.0986 e. The van der Waals surface area contributed by atoms with Crippen LogP contribution in [0, 0.1) is 0 Å². The second-order valence-corrected chi connectivity index (χ2v) is 5.96. The molecule has 0 aliphatic carbocycles. The fourth-order valence-electron chi connectivity index (χ4n) is 1.82. The third-order valence-electron chi connectivity index (χ3n) is 2.93. The molecule has 0 bridgehead atoms. The summed E-state index contributed by atoms with van der Waals surface area (Å²) < 4.78 is 1.68. The van der Waals surface area contributed by atoms with Gasteiger partial charge in [-0.2, -0.15) is 0 Å². The number of aromatic nitrogens is 3. The number of hydrogen-bond donors (Lipinski definition) is 2. The van der Waals surface area contributed by atoms with Crippen LogP contribution < -0.4 is 5.32 Å². The van der Waals surface area contributed by atoms with Crippen molar-refractivity contribution in [1.29, 1.82) is 0 Å². The van der Waals surface area contributed by atoms with E-state index in [1.807, 2.05) is 36.5 Å². The molecule has 20 heavy (non-hydrogen) atoms. The molecule has 1 heterocycles. The largest absolute Gasteiger partial charge is 0.386 e. The molecule has 2 N–H and O–H groups in total. The summed E-state index contributed by atoms with van der Waals surface area (Å²) in [6.07, 6.45) is 1.30. The van der Waals surface area contributed by atoms with E-state index >= 15 is 0 Å². The predicted molar refractivity (Wildman–Crippen MR) is 78.0 cm³/mol. The molecule has 1 aromatic carbocycles. The molecule has 0 spiro atoms. The van der Waals surface area contributed by atoms with Crippen molar-refractivity contribution in [1.82, 2.24) is 20.3 Å². The lowest BCUT2D eigenvalue weighted by Gasteiger charge is -2.19. The lowest BCUT2D eigenvalue weighted by Crippen LogP contribution is -2.35. The maximum atomic E-state index is 10.1. The molecular formula is C15H22N4O. The molecule has 1 aromatic heterocycles. The number of hydrogen-bond acceptors (Lipinski definition) is 4. The van der Waals surface area contributed by atoms with Gasteiger partial charge in [-0.25, -0.2) is 4.68 Å². The Kier molecular flexibility index (Phi) is 4.52. The second kappa shape index (κ2) is 6.15. The van der Waals surface area contributed by atoms with Crippen molar-refractivity contribution in [2.24, 2.45) is 0 Å². The highest BCUT2D eigenvalue weighted by molar-refractivity contribution is 5.17. The number of benzene rings is 1. The monoisotopic (exact) mass is 274 g/mol.